The maximum Gasteiger partial charge on any atom is 0.159 e. The molecule has 0 fully saturated rings. The van der Waals surface area contributed by atoms with E-state index in [0.717, 1.165) is 17.0 Å². The van der Waals surface area contributed by atoms with E-state index in [1.54, 1.807) is 0 Å². The zero-order valence-corrected chi connectivity index (χ0v) is 15.4. The minimum atomic E-state index is 0.802. The van der Waals surface area contributed by atoms with Crippen LogP contribution in [0.4, 0.5) is 0 Å². The van der Waals surface area contributed by atoms with Crippen molar-refractivity contribution in [1.29, 1.82) is 0 Å². The summed E-state index contributed by atoms with van der Waals surface area (Å²) in [4.78, 5) is 9.34. The van der Waals surface area contributed by atoms with E-state index < -0.39 is 0 Å². The van der Waals surface area contributed by atoms with Crippen LogP contribution in [-0.4, -0.2) is 9.97 Å². The molecule has 3 aromatic rings. The van der Waals surface area contributed by atoms with E-state index >= 15 is 0 Å². The minimum Gasteiger partial charge on any atom is -0.236 e. The third-order valence-electron chi connectivity index (χ3n) is 4.52. The van der Waals surface area contributed by atoms with Gasteiger partial charge >= 0.3 is 0 Å². The van der Waals surface area contributed by atoms with Gasteiger partial charge in [-0.1, -0.05) is 35.4 Å². The molecule has 0 aliphatic carbocycles. The molecule has 2 aromatic carbocycles. The lowest BCUT2D eigenvalue weighted by Crippen LogP contribution is -1.97. The van der Waals surface area contributed by atoms with Crippen LogP contribution >= 0.6 is 0 Å². The van der Waals surface area contributed by atoms with Crippen molar-refractivity contribution in [3.8, 4) is 22.5 Å². The van der Waals surface area contributed by atoms with Crippen LogP contribution < -0.4 is 0 Å². The van der Waals surface area contributed by atoms with Gasteiger partial charge in [-0.15, -0.1) is 0 Å². The summed E-state index contributed by atoms with van der Waals surface area (Å²) in [6.07, 6.45) is 3.90. The highest BCUT2D eigenvalue weighted by Crippen LogP contribution is 2.30. The zero-order valence-electron chi connectivity index (χ0n) is 15.4. The van der Waals surface area contributed by atoms with Gasteiger partial charge in [-0.25, -0.2) is 9.97 Å². The molecule has 0 saturated heterocycles. The summed E-state index contributed by atoms with van der Waals surface area (Å²) < 4.78 is 0. The molecular weight excluding hydrogens is 292 g/mol. The maximum absolute atomic E-state index is 4.67. The second kappa shape index (κ2) is 6.20. The normalized spacial score (nSPS) is 10.9. The first-order valence-electron chi connectivity index (χ1n) is 8.35. The zero-order chi connectivity index (χ0) is 17.4. The van der Waals surface area contributed by atoms with Gasteiger partial charge in [0.15, 0.2) is 5.82 Å². The molecule has 0 N–H and O–H groups in total. The number of rotatable bonds is 2. The Hall–Kier alpha value is -2.48. The van der Waals surface area contributed by atoms with Crippen LogP contribution in [0.2, 0.25) is 0 Å². The monoisotopic (exact) mass is 316 g/mol. The topological polar surface area (TPSA) is 25.8 Å². The molecule has 3 rings (SSSR count). The fourth-order valence-corrected chi connectivity index (χ4v) is 3.75. The van der Waals surface area contributed by atoms with Gasteiger partial charge in [0.05, 0.1) is 0 Å². The molecule has 0 aliphatic heterocycles. The number of aromatic nitrogens is 2. The second-order valence-electron chi connectivity index (χ2n) is 6.84. The highest BCUT2D eigenvalue weighted by molar-refractivity contribution is 5.72. The summed E-state index contributed by atoms with van der Waals surface area (Å²) in [5, 5.41) is 0. The van der Waals surface area contributed by atoms with Crippen LogP contribution in [0, 0.1) is 41.5 Å². The average molecular weight is 316 g/mol. The van der Waals surface area contributed by atoms with Gasteiger partial charge in [-0.2, -0.15) is 0 Å². The molecule has 0 atom stereocenters. The van der Waals surface area contributed by atoms with Crippen LogP contribution in [0.15, 0.2) is 36.7 Å². The second-order valence-corrected chi connectivity index (χ2v) is 6.84. The number of hydrogen-bond acceptors (Lipinski definition) is 2. The molecule has 2 nitrogen and oxygen atoms in total. The van der Waals surface area contributed by atoms with Crippen molar-refractivity contribution in [2.24, 2.45) is 0 Å². The molecule has 2 heteroatoms. The van der Waals surface area contributed by atoms with Gasteiger partial charge in [0.2, 0.25) is 0 Å². The Kier molecular flexibility index (Phi) is 4.23. The molecule has 0 unspecified atom stereocenters. The van der Waals surface area contributed by atoms with Crippen LogP contribution in [0.1, 0.15) is 33.4 Å². The average Bonchev–Trinajstić information content (AvgIpc) is 2.46. The van der Waals surface area contributed by atoms with Gasteiger partial charge in [0, 0.05) is 23.5 Å². The molecule has 0 spiro atoms. The van der Waals surface area contributed by atoms with E-state index in [-0.39, 0.29) is 0 Å². The fourth-order valence-electron chi connectivity index (χ4n) is 3.75. The summed E-state index contributed by atoms with van der Waals surface area (Å²) in [5.41, 5.74) is 11.0. The maximum atomic E-state index is 4.67. The Morgan fingerprint density at radius 3 is 1.33 bits per heavy atom. The van der Waals surface area contributed by atoms with Crippen LogP contribution in [0.3, 0.4) is 0 Å². The van der Waals surface area contributed by atoms with E-state index in [0.29, 0.717) is 0 Å². The Morgan fingerprint density at radius 1 is 0.542 bits per heavy atom. The largest absolute Gasteiger partial charge is 0.236 e. The Bertz CT molecular complexity index is 783. The van der Waals surface area contributed by atoms with Crippen molar-refractivity contribution in [1.82, 2.24) is 9.97 Å². The van der Waals surface area contributed by atoms with Crippen molar-refractivity contribution in [2.45, 2.75) is 41.5 Å². The quantitative estimate of drug-likeness (QED) is 0.609. The molecule has 0 amide bonds. The predicted molar refractivity (Wildman–Crippen MR) is 101 cm³/mol. The van der Waals surface area contributed by atoms with Crippen molar-refractivity contribution < 1.29 is 0 Å². The molecular formula is C22H24N2. The molecule has 0 radical (unpaired) electrons. The minimum absolute atomic E-state index is 0.802. The van der Waals surface area contributed by atoms with Crippen molar-refractivity contribution >= 4 is 0 Å². The number of hydrogen-bond donors (Lipinski definition) is 0. The summed E-state index contributed by atoms with van der Waals surface area (Å²) >= 11 is 0. The van der Waals surface area contributed by atoms with Gasteiger partial charge in [-0.3, -0.25) is 0 Å². The van der Waals surface area contributed by atoms with Crippen LogP contribution in [0.25, 0.3) is 22.5 Å². The van der Waals surface area contributed by atoms with Gasteiger partial charge in [-0.05, 0) is 69.4 Å². The standard InChI is InChI=1S/C22H24N2/c1-13-7-15(3)20(16(4)8-13)19-11-23-22(24-12-19)21-17(5)9-14(2)10-18(21)6/h7-12H,1-6H3. The summed E-state index contributed by atoms with van der Waals surface area (Å²) in [6.45, 7) is 12.8. The van der Waals surface area contributed by atoms with Crippen molar-refractivity contribution in [3.05, 3.63) is 70.0 Å². The lowest BCUT2D eigenvalue weighted by Gasteiger charge is -2.13. The van der Waals surface area contributed by atoms with Crippen LogP contribution in [-0.2, 0) is 0 Å². The first-order valence-corrected chi connectivity index (χ1v) is 8.35. The third kappa shape index (κ3) is 2.96. The van der Waals surface area contributed by atoms with Crippen molar-refractivity contribution in [2.75, 3.05) is 0 Å². The van der Waals surface area contributed by atoms with Crippen molar-refractivity contribution in [3.63, 3.8) is 0 Å². The molecule has 1 heterocycles. The van der Waals surface area contributed by atoms with E-state index in [4.69, 9.17) is 0 Å². The number of nitrogens with zero attached hydrogens (tertiary/aromatic N) is 2. The lowest BCUT2D eigenvalue weighted by atomic mass is 9.95. The third-order valence-corrected chi connectivity index (χ3v) is 4.52. The summed E-state index contributed by atoms with van der Waals surface area (Å²) in [7, 11) is 0. The molecule has 0 aliphatic rings. The fraction of sp³-hybridized carbons (Fsp3) is 0.273. The molecule has 0 saturated carbocycles. The Balaban J connectivity index is 2.07. The highest BCUT2D eigenvalue weighted by Gasteiger charge is 2.12. The first-order chi connectivity index (χ1) is 11.4. The SMILES string of the molecule is Cc1cc(C)c(-c2cnc(-c3c(C)cc(C)cc3C)nc2)c(C)c1. The summed E-state index contributed by atoms with van der Waals surface area (Å²) in [6, 6.07) is 8.80. The van der Waals surface area contributed by atoms with E-state index in [1.165, 1.54) is 38.9 Å². The first kappa shape index (κ1) is 16.4. The molecule has 1 aromatic heterocycles. The number of benzene rings is 2. The van der Waals surface area contributed by atoms with E-state index in [9.17, 15) is 0 Å². The van der Waals surface area contributed by atoms with Gasteiger partial charge in [0.25, 0.3) is 0 Å². The summed E-state index contributed by atoms with van der Waals surface area (Å²) in [5.74, 6) is 0.802. The molecule has 122 valence electrons. The molecule has 24 heavy (non-hydrogen) atoms. The van der Waals surface area contributed by atoms with Gasteiger partial charge in [0.1, 0.15) is 0 Å². The van der Waals surface area contributed by atoms with Crippen LogP contribution in [0.5, 0.6) is 0 Å². The highest BCUT2D eigenvalue weighted by atomic mass is 14.9. The predicted octanol–water partition coefficient (Wildman–Crippen LogP) is 5.66. The lowest BCUT2D eigenvalue weighted by molar-refractivity contribution is 1.15. The van der Waals surface area contributed by atoms with E-state index in [2.05, 4.69) is 75.8 Å². The van der Waals surface area contributed by atoms with Gasteiger partial charge < -0.3 is 0 Å². The molecule has 0 bridgehead atoms. The smallest absolute Gasteiger partial charge is 0.159 e. The Morgan fingerprint density at radius 2 is 0.917 bits per heavy atom. The van der Waals surface area contributed by atoms with E-state index in [1.807, 2.05) is 12.4 Å². The Labute approximate surface area is 144 Å². The number of aryl methyl sites for hydroxylation is 6.